The topological polar surface area (TPSA) is 36.9 Å². The molecule has 0 heterocycles. The standard InChI is InChI=1S/C16H17O4/c1-17-12-6-7-13(15(10-12)19-3)11-5-8-14(18-2)16(9-11)20-4/h5-6,8-10H,1-4H3. The van der Waals surface area contributed by atoms with Crippen LogP contribution in [0.2, 0.25) is 0 Å². The van der Waals surface area contributed by atoms with Crippen LogP contribution in [0.4, 0.5) is 0 Å². The van der Waals surface area contributed by atoms with Gasteiger partial charge in [0.2, 0.25) is 0 Å². The highest BCUT2D eigenvalue weighted by Crippen LogP contribution is 2.37. The third-order valence-electron chi connectivity index (χ3n) is 3.01. The maximum atomic E-state index is 5.39. The van der Waals surface area contributed by atoms with Gasteiger partial charge < -0.3 is 18.9 Å². The van der Waals surface area contributed by atoms with Crippen LogP contribution in [-0.4, -0.2) is 28.4 Å². The monoisotopic (exact) mass is 273 g/mol. The van der Waals surface area contributed by atoms with Gasteiger partial charge in [0, 0.05) is 11.6 Å². The van der Waals surface area contributed by atoms with Gasteiger partial charge in [-0.3, -0.25) is 0 Å². The molecule has 0 fully saturated rings. The fourth-order valence-electron chi connectivity index (χ4n) is 1.95. The smallest absolute Gasteiger partial charge is 0.161 e. The molecule has 0 aliphatic carbocycles. The van der Waals surface area contributed by atoms with E-state index in [1.54, 1.807) is 34.5 Å². The zero-order valence-corrected chi connectivity index (χ0v) is 12.0. The Balaban J connectivity index is 2.50. The van der Waals surface area contributed by atoms with E-state index < -0.39 is 0 Å². The summed E-state index contributed by atoms with van der Waals surface area (Å²) in [5, 5.41) is 0. The van der Waals surface area contributed by atoms with Crippen LogP contribution >= 0.6 is 0 Å². The van der Waals surface area contributed by atoms with E-state index in [4.69, 9.17) is 18.9 Å². The maximum absolute atomic E-state index is 5.39. The highest BCUT2D eigenvalue weighted by molar-refractivity contribution is 5.73. The third kappa shape index (κ3) is 2.64. The largest absolute Gasteiger partial charge is 0.497 e. The van der Waals surface area contributed by atoms with E-state index in [-0.39, 0.29) is 0 Å². The van der Waals surface area contributed by atoms with Crippen molar-refractivity contribution in [2.24, 2.45) is 0 Å². The molecule has 1 radical (unpaired) electrons. The van der Waals surface area contributed by atoms with Crippen molar-refractivity contribution in [3.8, 4) is 34.1 Å². The Morgan fingerprint density at radius 3 is 2.05 bits per heavy atom. The molecule has 0 spiro atoms. The lowest BCUT2D eigenvalue weighted by Crippen LogP contribution is -1.93. The van der Waals surface area contributed by atoms with Gasteiger partial charge in [0.25, 0.3) is 0 Å². The van der Waals surface area contributed by atoms with Gasteiger partial charge in [-0.05, 0) is 29.8 Å². The van der Waals surface area contributed by atoms with Crippen molar-refractivity contribution >= 4 is 0 Å². The first-order valence-corrected chi connectivity index (χ1v) is 6.09. The summed E-state index contributed by atoms with van der Waals surface area (Å²) in [6, 6.07) is 12.4. The van der Waals surface area contributed by atoms with Crippen molar-refractivity contribution < 1.29 is 18.9 Å². The molecular weight excluding hydrogens is 256 g/mol. The number of rotatable bonds is 5. The molecule has 0 atom stereocenters. The predicted octanol–water partition coefficient (Wildman–Crippen LogP) is 3.19. The van der Waals surface area contributed by atoms with Gasteiger partial charge in [-0.2, -0.15) is 0 Å². The van der Waals surface area contributed by atoms with Crippen LogP contribution in [0.15, 0.2) is 30.3 Å². The fourth-order valence-corrected chi connectivity index (χ4v) is 1.95. The van der Waals surface area contributed by atoms with E-state index in [2.05, 4.69) is 6.07 Å². The number of hydrogen-bond acceptors (Lipinski definition) is 4. The molecule has 0 amide bonds. The molecule has 2 aromatic carbocycles. The Bertz CT molecular complexity index is 593. The van der Waals surface area contributed by atoms with Crippen LogP contribution in [0.3, 0.4) is 0 Å². The molecule has 20 heavy (non-hydrogen) atoms. The molecule has 0 aliphatic heterocycles. The van der Waals surface area contributed by atoms with Crippen LogP contribution in [0.1, 0.15) is 0 Å². The molecule has 0 aliphatic rings. The van der Waals surface area contributed by atoms with E-state index in [1.807, 2.05) is 24.3 Å². The number of methoxy groups -OCH3 is 4. The first-order chi connectivity index (χ1) is 9.73. The summed E-state index contributed by atoms with van der Waals surface area (Å²) in [6.07, 6.45) is 0. The van der Waals surface area contributed by atoms with Crippen LogP contribution in [0, 0.1) is 6.07 Å². The van der Waals surface area contributed by atoms with Gasteiger partial charge in [-0.15, -0.1) is 0 Å². The quantitative estimate of drug-likeness (QED) is 0.838. The fraction of sp³-hybridized carbons (Fsp3) is 0.250. The molecule has 2 aromatic rings. The summed E-state index contributed by atoms with van der Waals surface area (Å²) in [5.41, 5.74) is 1.77. The molecule has 4 heteroatoms. The van der Waals surface area contributed by atoms with E-state index in [0.717, 1.165) is 11.1 Å². The summed E-state index contributed by atoms with van der Waals surface area (Å²) in [5.74, 6) is 2.74. The normalized spacial score (nSPS) is 10.0. The molecule has 105 valence electrons. The molecule has 0 bridgehead atoms. The van der Waals surface area contributed by atoms with Gasteiger partial charge in [-0.1, -0.05) is 6.07 Å². The second-order valence-corrected chi connectivity index (χ2v) is 4.05. The first-order valence-electron chi connectivity index (χ1n) is 6.09. The minimum Gasteiger partial charge on any atom is -0.497 e. The van der Waals surface area contributed by atoms with Gasteiger partial charge in [-0.25, -0.2) is 0 Å². The zero-order valence-electron chi connectivity index (χ0n) is 12.0. The van der Waals surface area contributed by atoms with E-state index in [1.165, 1.54) is 0 Å². The molecule has 2 rings (SSSR count). The SMILES string of the molecule is COc1c[c]c(-c2ccc(OC)c(OC)c2)c(OC)c1. The Morgan fingerprint density at radius 1 is 0.750 bits per heavy atom. The molecule has 0 aromatic heterocycles. The Labute approximate surface area is 118 Å². The lowest BCUT2D eigenvalue weighted by molar-refractivity contribution is 0.355. The first kappa shape index (κ1) is 14.1. The molecule has 4 nitrogen and oxygen atoms in total. The summed E-state index contributed by atoms with van der Waals surface area (Å²) in [6.45, 7) is 0. The van der Waals surface area contributed by atoms with Crippen molar-refractivity contribution in [1.82, 2.24) is 0 Å². The average molecular weight is 273 g/mol. The highest BCUT2D eigenvalue weighted by atomic mass is 16.5. The Kier molecular flexibility index (Phi) is 4.35. The lowest BCUT2D eigenvalue weighted by Gasteiger charge is -2.13. The van der Waals surface area contributed by atoms with Gasteiger partial charge >= 0.3 is 0 Å². The van der Waals surface area contributed by atoms with Gasteiger partial charge in [0.05, 0.1) is 28.4 Å². The number of ether oxygens (including phenoxy) is 4. The van der Waals surface area contributed by atoms with Crippen molar-refractivity contribution in [3.63, 3.8) is 0 Å². The Morgan fingerprint density at radius 2 is 1.45 bits per heavy atom. The summed E-state index contributed by atoms with van der Waals surface area (Å²) >= 11 is 0. The lowest BCUT2D eigenvalue weighted by atomic mass is 10.0. The second-order valence-electron chi connectivity index (χ2n) is 4.05. The van der Waals surface area contributed by atoms with Crippen molar-refractivity contribution in [3.05, 3.63) is 36.4 Å². The minimum absolute atomic E-state index is 0.663. The van der Waals surface area contributed by atoms with Crippen molar-refractivity contribution in [2.75, 3.05) is 28.4 Å². The second kappa shape index (κ2) is 6.19. The predicted molar refractivity (Wildman–Crippen MR) is 76.9 cm³/mol. The van der Waals surface area contributed by atoms with Gasteiger partial charge in [0.1, 0.15) is 11.5 Å². The highest BCUT2D eigenvalue weighted by Gasteiger charge is 2.11. The van der Waals surface area contributed by atoms with E-state index in [9.17, 15) is 0 Å². The molecular formula is C16H17O4. The van der Waals surface area contributed by atoms with E-state index >= 15 is 0 Å². The maximum Gasteiger partial charge on any atom is 0.161 e. The number of hydrogen-bond donors (Lipinski definition) is 0. The molecule has 0 saturated carbocycles. The summed E-state index contributed by atoms with van der Waals surface area (Å²) in [7, 11) is 6.44. The summed E-state index contributed by atoms with van der Waals surface area (Å²) in [4.78, 5) is 0. The Hall–Kier alpha value is -2.36. The molecule has 0 N–H and O–H groups in total. The third-order valence-corrected chi connectivity index (χ3v) is 3.01. The zero-order chi connectivity index (χ0) is 14.5. The molecule has 0 saturated heterocycles. The number of benzene rings is 2. The van der Waals surface area contributed by atoms with E-state index in [0.29, 0.717) is 23.0 Å². The van der Waals surface area contributed by atoms with Crippen molar-refractivity contribution in [1.29, 1.82) is 0 Å². The van der Waals surface area contributed by atoms with Crippen LogP contribution in [0.25, 0.3) is 11.1 Å². The average Bonchev–Trinajstić information content (AvgIpc) is 2.53. The van der Waals surface area contributed by atoms with Crippen LogP contribution < -0.4 is 18.9 Å². The minimum atomic E-state index is 0.663. The van der Waals surface area contributed by atoms with Crippen molar-refractivity contribution in [2.45, 2.75) is 0 Å². The molecule has 0 unspecified atom stereocenters. The van der Waals surface area contributed by atoms with Crippen LogP contribution in [0.5, 0.6) is 23.0 Å². The van der Waals surface area contributed by atoms with Crippen LogP contribution in [-0.2, 0) is 0 Å². The summed E-state index contributed by atoms with van der Waals surface area (Å²) < 4.78 is 21.1. The van der Waals surface area contributed by atoms with Gasteiger partial charge in [0.15, 0.2) is 11.5 Å².